The van der Waals surface area contributed by atoms with E-state index in [1.54, 1.807) is 0 Å². The van der Waals surface area contributed by atoms with Gasteiger partial charge in [0, 0.05) is 18.9 Å². The molecule has 0 bridgehead atoms. The van der Waals surface area contributed by atoms with Crippen LogP contribution in [0.2, 0.25) is 0 Å². The molecule has 2 aromatic rings. The van der Waals surface area contributed by atoms with Crippen molar-refractivity contribution in [2.24, 2.45) is 0 Å². The van der Waals surface area contributed by atoms with Crippen molar-refractivity contribution < 1.29 is 13.9 Å². The minimum atomic E-state index is -0.382. The van der Waals surface area contributed by atoms with Crippen LogP contribution in [0.1, 0.15) is 22.3 Å². The molecule has 3 heteroatoms. The van der Waals surface area contributed by atoms with Crippen LogP contribution in [0.4, 0.5) is 4.39 Å². The second kappa shape index (κ2) is 4.84. The molecule has 1 heterocycles. The smallest absolute Gasteiger partial charge is 0.170 e. The highest BCUT2D eigenvalue weighted by Crippen LogP contribution is 2.29. The van der Waals surface area contributed by atoms with Crippen LogP contribution < -0.4 is 4.74 Å². The molecule has 1 aliphatic heterocycles. The van der Waals surface area contributed by atoms with E-state index in [9.17, 15) is 9.18 Å². The fourth-order valence-electron chi connectivity index (χ4n) is 2.35. The maximum atomic E-state index is 13.2. The molecule has 1 atom stereocenters. The van der Waals surface area contributed by atoms with E-state index < -0.39 is 0 Å². The van der Waals surface area contributed by atoms with Gasteiger partial charge in [-0.2, -0.15) is 0 Å². The normalized spacial score (nSPS) is 17.7. The number of benzene rings is 2. The summed E-state index contributed by atoms with van der Waals surface area (Å²) in [5.41, 5.74) is 1.59. The summed E-state index contributed by atoms with van der Waals surface area (Å²) in [7, 11) is 0. The maximum absolute atomic E-state index is 13.2. The van der Waals surface area contributed by atoms with Gasteiger partial charge < -0.3 is 4.74 Å². The molecule has 2 nitrogen and oxygen atoms in total. The molecular weight excluding hydrogens is 243 g/mol. The van der Waals surface area contributed by atoms with Crippen molar-refractivity contribution in [1.29, 1.82) is 0 Å². The second-order valence-corrected chi connectivity index (χ2v) is 4.70. The van der Waals surface area contributed by atoms with Crippen LogP contribution in [0.15, 0.2) is 48.5 Å². The van der Waals surface area contributed by atoms with Gasteiger partial charge in [0.2, 0.25) is 0 Å². The first kappa shape index (κ1) is 11.9. The summed E-state index contributed by atoms with van der Waals surface area (Å²) >= 11 is 0. The third kappa shape index (κ3) is 2.50. The van der Waals surface area contributed by atoms with Crippen molar-refractivity contribution in [3.8, 4) is 5.75 Å². The fraction of sp³-hybridized carbons (Fsp3) is 0.188. The zero-order valence-corrected chi connectivity index (χ0v) is 10.3. The maximum Gasteiger partial charge on any atom is 0.170 e. The van der Waals surface area contributed by atoms with Gasteiger partial charge in [-0.25, -0.2) is 4.39 Å². The average molecular weight is 256 g/mol. The zero-order valence-electron chi connectivity index (χ0n) is 10.3. The highest BCUT2D eigenvalue weighted by Gasteiger charge is 2.26. The largest absolute Gasteiger partial charge is 0.489 e. The lowest BCUT2D eigenvalue weighted by Crippen LogP contribution is -2.28. The molecule has 0 fully saturated rings. The molecule has 19 heavy (non-hydrogen) atoms. The Morgan fingerprint density at radius 1 is 1.16 bits per heavy atom. The first-order chi connectivity index (χ1) is 9.22. The average Bonchev–Trinajstić information content (AvgIpc) is 2.39. The SMILES string of the molecule is O=C1CC(Cc2ccccc2)Oc2cc(F)ccc21. The van der Waals surface area contributed by atoms with Crippen LogP contribution in [0.3, 0.4) is 0 Å². The lowest BCUT2D eigenvalue weighted by atomic mass is 9.96. The molecule has 0 radical (unpaired) electrons. The molecular formula is C16H13FO2. The topological polar surface area (TPSA) is 26.3 Å². The lowest BCUT2D eigenvalue weighted by molar-refractivity contribution is 0.0850. The predicted molar refractivity (Wildman–Crippen MR) is 69.9 cm³/mol. The number of ketones is 1. The highest BCUT2D eigenvalue weighted by molar-refractivity contribution is 5.99. The van der Waals surface area contributed by atoms with E-state index in [0.717, 1.165) is 5.56 Å². The van der Waals surface area contributed by atoms with E-state index in [0.29, 0.717) is 24.2 Å². The molecule has 0 saturated carbocycles. The molecule has 0 N–H and O–H groups in total. The van der Waals surface area contributed by atoms with Crippen LogP contribution in [-0.4, -0.2) is 11.9 Å². The van der Waals surface area contributed by atoms with Gasteiger partial charge in [0.1, 0.15) is 17.7 Å². The van der Waals surface area contributed by atoms with Gasteiger partial charge in [0.25, 0.3) is 0 Å². The Morgan fingerprint density at radius 2 is 1.95 bits per heavy atom. The van der Waals surface area contributed by atoms with Gasteiger partial charge in [-0.15, -0.1) is 0 Å². The van der Waals surface area contributed by atoms with Crippen molar-refractivity contribution in [3.63, 3.8) is 0 Å². The Bertz CT molecular complexity index is 607. The first-order valence-electron chi connectivity index (χ1n) is 6.26. The van der Waals surface area contributed by atoms with E-state index in [1.807, 2.05) is 30.3 Å². The highest BCUT2D eigenvalue weighted by atomic mass is 19.1. The standard InChI is InChI=1S/C16H13FO2/c17-12-6-7-14-15(18)10-13(19-16(14)9-12)8-11-4-2-1-3-5-11/h1-7,9,13H,8,10H2. The van der Waals surface area contributed by atoms with Crippen molar-refractivity contribution in [2.45, 2.75) is 18.9 Å². The monoisotopic (exact) mass is 256 g/mol. The molecule has 0 amide bonds. The van der Waals surface area contributed by atoms with E-state index in [1.165, 1.54) is 18.2 Å². The number of hydrogen-bond donors (Lipinski definition) is 0. The van der Waals surface area contributed by atoms with Crippen molar-refractivity contribution in [1.82, 2.24) is 0 Å². The molecule has 96 valence electrons. The number of carbonyl (C=O) groups is 1. The van der Waals surface area contributed by atoms with Gasteiger partial charge in [0.05, 0.1) is 5.56 Å². The summed E-state index contributed by atoms with van der Waals surface area (Å²) in [6, 6.07) is 13.9. The Hall–Kier alpha value is -2.16. The predicted octanol–water partition coefficient (Wildman–Crippen LogP) is 3.40. The number of rotatable bonds is 2. The summed E-state index contributed by atoms with van der Waals surface area (Å²) in [4.78, 5) is 12.0. The van der Waals surface area contributed by atoms with Crippen molar-refractivity contribution in [3.05, 3.63) is 65.5 Å². The summed E-state index contributed by atoms with van der Waals surface area (Å²) < 4.78 is 18.9. The number of Topliss-reactive ketones (excluding diaryl/α,β-unsaturated/α-hetero) is 1. The Balaban J connectivity index is 1.83. The molecule has 0 spiro atoms. The number of carbonyl (C=O) groups excluding carboxylic acids is 1. The van der Waals surface area contributed by atoms with E-state index >= 15 is 0 Å². The zero-order chi connectivity index (χ0) is 13.2. The summed E-state index contributed by atoms with van der Waals surface area (Å²) in [5, 5.41) is 0. The van der Waals surface area contributed by atoms with Gasteiger partial charge in [0.15, 0.2) is 5.78 Å². The number of fused-ring (bicyclic) bond motifs is 1. The molecule has 1 aliphatic rings. The number of halogens is 1. The Morgan fingerprint density at radius 3 is 2.74 bits per heavy atom. The van der Waals surface area contributed by atoms with Crippen molar-refractivity contribution in [2.75, 3.05) is 0 Å². The summed E-state index contributed by atoms with van der Waals surface area (Å²) in [5.74, 6) is -0.00808. The number of hydrogen-bond acceptors (Lipinski definition) is 2. The third-order valence-corrected chi connectivity index (χ3v) is 3.26. The van der Waals surface area contributed by atoms with Crippen molar-refractivity contribution >= 4 is 5.78 Å². The van der Waals surface area contributed by atoms with Gasteiger partial charge in [-0.3, -0.25) is 4.79 Å². The molecule has 0 aliphatic carbocycles. The van der Waals surface area contributed by atoms with Crippen LogP contribution in [0.5, 0.6) is 5.75 Å². The first-order valence-corrected chi connectivity index (χ1v) is 6.26. The van der Waals surface area contributed by atoms with Crippen LogP contribution in [0.25, 0.3) is 0 Å². The molecule has 2 aromatic carbocycles. The van der Waals surface area contributed by atoms with Crippen LogP contribution >= 0.6 is 0 Å². The fourth-order valence-corrected chi connectivity index (χ4v) is 2.35. The second-order valence-electron chi connectivity index (χ2n) is 4.70. The summed E-state index contributed by atoms with van der Waals surface area (Å²) in [6.07, 6.45) is 0.778. The molecule has 1 unspecified atom stereocenters. The van der Waals surface area contributed by atoms with Gasteiger partial charge >= 0.3 is 0 Å². The van der Waals surface area contributed by atoms with Gasteiger partial charge in [-0.05, 0) is 17.7 Å². The third-order valence-electron chi connectivity index (χ3n) is 3.26. The Labute approximate surface area is 110 Å². The van der Waals surface area contributed by atoms with Gasteiger partial charge in [-0.1, -0.05) is 30.3 Å². The van der Waals surface area contributed by atoms with E-state index in [2.05, 4.69) is 0 Å². The van der Waals surface area contributed by atoms with Crippen LogP contribution in [0, 0.1) is 5.82 Å². The van der Waals surface area contributed by atoms with E-state index in [-0.39, 0.29) is 17.7 Å². The molecule has 3 rings (SSSR count). The quantitative estimate of drug-likeness (QED) is 0.823. The molecule has 0 saturated heterocycles. The van der Waals surface area contributed by atoms with E-state index in [4.69, 9.17) is 4.74 Å². The minimum Gasteiger partial charge on any atom is -0.489 e. The Kier molecular flexibility index (Phi) is 3.03. The summed E-state index contributed by atoms with van der Waals surface area (Å²) in [6.45, 7) is 0. The molecule has 0 aromatic heterocycles. The number of ether oxygens (including phenoxy) is 1. The van der Waals surface area contributed by atoms with Crippen LogP contribution in [-0.2, 0) is 6.42 Å². The minimum absolute atomic E-state index is 0.0159. The lowest BCUT2D eigenvalue weighted by Gasteiger charge is -2.25.